The number of carbonyl (C=O) groups excluding carboxylic acids is 1. The fourth-order valence-corrected chi connectivity index (χ4v) is 5.30. The summed E-state index contributed by atoms with van der Waals surface area (Å²) in [4.78, 5) is 21.0. The minimum Gasteiger partial charge on any atom is -0.350 e. The summed E-state index contributed by atoms with van der Waals surface area (Å²) in [5, 5.41) is 1.19. The number of benzene rings is 2. The largest absolute Gasteiger partial charge is 0.350 e. The van der Waals surface area contributed by atoms with E-state index in [0.29, 0.717) is 5.92 Å². The van der Waals surface area contributed by atoms with E-state index in [1.54, 1.807) is 5.56 Å². The molecule has 1 amide bonds. The van der Waals surface area contributed by atoms with Gasteiger partial charge < -0.3 is 9.88 Å². The Hall–Kier alpha value is -2.59. The number of para-hydroxylation sites is 1. The van der Waals surface area contributed by atoms with E-state index < -0.39 is 0 Å². The Bertz CT molecular complexity index is 1050. The van der Waals surface area contributed by atoms with Crippen LogP contribution in [0, 0.1) is 13.8 Å². The second-order valence-electron chi connectivity index (χ2n) is 9.03. The molecule has 1 N–H and O–H groups in total. The lowest BCUT2D eigenvalue weighted by Crippen LogP contribution is -2.42. The summed E-state index contributed by atoms with van der Waals surface area (Å²) in [5.74, 6) is 0.811. The number of nitrogens with one attached hydrogen (secondary N) is 1. The zero-order valence-corrected chi connectivity index (χ0v) is 18.1. The molecule has 2 aromatic carbocycles. The molecule has 2 saturated heterocycles. The molecule has 0 saturated carbocycles. The van der Waals surface area contributed by atoms with Crippen molar-refractivity contribution in [2.24, 2.45) is 0 Å². The van der Waals surface area contributed by atoms with Crippen molar-refractivity contribution in [2.75, 3.05) is 26.2 Å². The monoisotopic (exact) mass is 401 g/mol. The van der Waals surface area contributed by atoms with Gasteiger partial charge in [-0.25, -0.2) is 0 Å². The third-order valence-corrected chi connectivity index (χ3v) is 7.09. The van der Waals surface area contributed by atoms with Crippen molar-refractivity contribution in [3.05, 3.63) is 70.4 Å². The molecular formula is C26H31N3O. The number of fused-ring (bicyclic) bond motifs is 1. The first-order valence-corrected chi connectivity index (χ1v) is 11.3. The second-order valence-corrected chi connectivity index (χ2v) is 9.03. The Morgan fingerprint density at radius 1 is 0.967 bits per heavy atom. The van der Waals surface area contributed by atoms with Crippen LogP contribution in [0.2, 0.25) is 0 Å². The molecule has 2 aliphatic rings. The number of aromatic amines is 1. The van der Waals surface area contributed by atoms with Crippen LogP contribution < -0.4 is 0 Å². The van der Waals surface area contributed by atoms with E-state index in [4.69, 9.17) is 0 Å². The van der Waals surface area contributed by atoms with Gasteiger partial charge in [-0.3, -0.25) is 9.69 Å². The van der Waals surface area contributed by atoms with Crippen molar-refractivity contribution in [1.29, 1.82) is 0 Å². The standard InChI is InChI=1S/C26H31N3O/c1-18-7-5-8-19(2)24(18)20-11-15-28(16-12-20)17-22-21-9-3-4-10-23(21)27-25(22)26(30)29-13-6-14-29/h3-5,7-10,20,27H,6,11-17H2,1-2H3. The van der Waals surface area contributed by atoms with Crippen LogP contribution in [0.1, 0.15) is 57.9 Å². The maximum Gasteiger partial charge on any atom is 0.270 e. The van der Waals surface area contributed by atoms with Gasteiger partial charge in [0.05, 0.1) is 0 Å². The maximum atomic E-state index is 13.0. The van der Waals surface area contributed by atoms with Gasteiger partial charge in [0, 0.05) is 36.1 Å². The number of carbonyl (C=O) groups is 1. The molecule has 0 unspecified atom stereocenters. The molecule has 1 aromatic heterocycles. The topological polar surface area (TPSA) is 39.3 Å². The van der Waals surface area contributed by atoms with Gasteiger partial charge in [0.25, 0.3) is 5.91 Å². The highest BCUT2D eigenvalue weighted by molar-refractivity contribution is 6.01. The Kier molecular flexibility index (Phi) is 5.11. The minimum atomic E-state index is 0.165. The first-order chi connectivity index (χ1) is 14.6. The molecule has 0 spiro atoms. The van der Waals surface area contributed by atoms with Crippen LogP contribution in [0.5, 0.6) is 0 Å². The van der Waals surface area contributed by atoms with E-state index in [1.807, 2.05) is 11.0 Å². The van der Waals surface area contributed by atoms with Crippen molar-refractivity contribution < 1.29 is 4.79 Å². The molecule has 156 valence electrons. The van der Waals surface area contributed by atoms with Crippen LogP contribution >= 0.6 is 0 Å². The molecule has 0 radical (unpaired) electrons. The van der Waals surface area contributed by atoms with Crippen molar-refractivity contribution in [1.82, 2.24) is 14.8 Å². The maximum absolute atomic E-state index is 13.0. The SMILES string of the molecule is Cc1cccc(C)c1C1CCN(Cc2c(C(=O)N3CCC3)[nH]c3ccccc23)CC1. The zero-order chi connectivity index (χ0) is 20.7. The summed E-state index contributed by atoms with van der Waals surface area (Å²) in [6.45, 7) is 9.26. The molecular weight excluding hydrogens is 370 g/mol. The van der Waals surface area contributed by atoms with Gasteiger partial charge in [0.15, 0.2) is 0 Å². The van der Waals surface area contributed by atoms with Gasteiger partial charge in [0.1, 0.15) is 5.69 Å². The van der Waals surface area contributed by atoms with E-state index in [-0.39, 0.29) is 5.91 Å². The first kappa shape index (κ1) is 19.4. The lowest BCUT2D eigenvalue weighted by molar-refractivity contribution is 0.0644. The third kappa shape index (κ3) is 3.43. The average molecular weight is 402 g/mol. The van der Waals surface area contributed by atoms with Crippen molar-refractivity contribution in [3.8, 4) is 0 Å². The summed E-state index contributed by atoms with van der Waals surface area (Å²) in [5.41, 5.74) is 7.44. The number of aromatic nitrogens is 1. The van der Waals surface area contributed by atoms with Crippen LogP contribution in [-0.4, -0.2) is 46.9 Å². The highest BCUT2D eigenvalue weighted by atomic mass is 16.2. The second kappa shape index (κ2) is 7.92. The number of piperidine rings is 1. The molecule has 0 atom stereocenters. The molecule has 2 fully saturated rings. The number of rotatable bonds is 4. The smallest absolute Gasteiger partial charge is 0.270 e. The summed E-state index contributed by atoms with van der Waals surface area (Å²) >= 11 is 0. The zero-order valence-electron chi connectivity index (χ0n) is 18.1. The van der Waals surface area contributed by atoms with Crippen molar-refractivity contribution >= 4 is 16.8 Å². The molecule has 30 heavy (non-hydrogen) atoms. The van der Waals surface area contributed by atoms with E-state index >= 15 is 0 Å². The van der Waals surface area contributed by atoms with Gasteiger partial charge in [0.2, 0.25) is 0 Å². The molecule has 3 aromatic rings. The Morgan fingerprint density at radius 3 is 2.33 bits per heavy atom. The average Bonchev–Trinajstić information content (AvgIpc) is 3.06. The molecule has 4 nitrogen and oxygen atoms in total. The summed E-state index contributed by atoms with van der Waals surface area (Å²) in [7, 11) is 0. The first-order valence-electron chi connectivity index (χ1n) is 11.3. The van der Waals surface area contributed by atoms with Crippen LogP contribution in [0.4, 0.5) is 0 Å². The van der Waals surface area contributed by atoms with Gasteiger partial charge in [-0.15, -0.1) is 0 Å². The third-order valence-electron chi connectivity index (χ3n) is 7.09. The number of hydrogen-bond acceptors (Lipinski definition) is 2. The Labute approximate surface area is 178 Å². The molecule has 0 aliphatic carbocycles. The number of nitrogens with zero attached hydrogens (tertiary/aromatic N) is 2. The molecule has 5 rings (SSSR count). The van der Waals surface area contributed by atoms with Gasteiger partial charge in [-0.05, 0) is 74.9 Å². The van der Waals surface area contributed by atoms with Gasteiger partial charge in [-0.1, -0.05) is 36.4 Å². The normalized spacial score (nSPS) is 18.0. The quantitative estimate of drug-likeness (QED) is 0.667. The van der Waals surface area contributed by atoms with Crippen LogP contribution in [0.3, 0.4) is 0 Å². The van der Waals surface area contributed by atoms with E-state index in [2.05, 4.69) is 60.1 Å². The number of hydrogen-bond donors (Lipinski definition) is 1. The highest BCUT2D eigenvalue weighted by Crippen LogP contribution is 2.34. The summed E-state index contributed by atoms with van der Waals surface area (Å²) in [6, 6.07) is 15.0. The lowest BCUT2D eigenvalue weighted by Gasteiger charge is -2.34. The predicted octanol–water partition coefficient (Wildman–Crippen LogP) is 5.01. The Morgan fingerprint density at radius 2 is 1.67 bits per heavy atom. The van der Waals surface area contributed by atoms with Crippen LogP contribution in [0.25, 0.3) is 10.9 Å². The summed E-state index contributed by atoms with van der Waals surface area (Å²) in [6.07, 6.45) is 3.49. The van der Waals surface area contributed by atoms with Gasteiger partial charge >= 0.3 is 0 Å². The minimum absolute atomic E-state index is 0.165. The number of amides is 1. The van der Waals surface area contributed by atoms with Crippen LogP contribution in [-0.2, 0) is 6.54 Å². The van der Waals surface area contributed by atoms with Crippen LogP contribution in [0.15, 0.2) is 42.5 Å². The lowest BCUT2D eigenvalue weighted by atomic mass is 9.84. The number of aryl methyl sites for hydroxylation is 2. The number of H-pyrrole nitrogens is 1. The van der Waals surface area contributed by atoms with Crippen molar-refractivity contribution in [2.45, 2.75) is 45.6 Å². The Balaban J connectivity index is 1.36. The fourth-order valence-electron chi connectivity index (χ4n) is 5.30. The molecule has 3 heterocycles. The van der Waals surface area contributed by atoms with E-state index in [9.17, 15) is 4.79 Å². The number of likely N-dealkylation sites (tertiary alicyclic amines) is 2. The summed E-state index contributed by atoms with van der Waals surface area (Å²) < 4.78 is 0. The van der Waals surface area contributed by atoms with Gasteiger partial charge in [-0.2, -0.15) is 0 Å². The predicted molar refractivity (Wildman–Crippen MR) is 122 cm³/mol. The highest BCUT2D eigenvalue weighted by Gasteiger charge is 2.29. The van der Waals surface area contributed by atoms with E-state index in [0.717, 1.165) is 50.4 Å². The molecule has 2 aliphatic heterocycles. The van der Waals surface area contributed by atoms with Crippen molar-refractivity contribution in [3.63, 3.8) is 0 Å². The molecule has 4 heteroatoms. The fraction of sp³-hybridized carbons (Fsp3) is 0.423. The van der Waals surface area contributed by atoms with E-state index in [1.165, 1.54) is 34.9 Å². The molecule has 0 bridgehead atoms.